The number of nitrogens with zero attached hydrogens (tertiary/aromatic N) is 1. The maximum absolute atomic E-state index is 12.5. The Morgan fingerprint density at radius 3 is 2.50 bits per heavy atom. The SMILES string of the molecule is CCN(C(=O)CNC(=O)[C@@H](N)C(C)C)C(C)c1cccc(OC)c1. The highest BCUT2D eigenvalue weighted by molar-refractivity contribution is 5.87. The highest BCUT2D eigenvalue weighted by Gasteiger charge is 2.22. The molecule has 6 nitrogen and oxygen atoms in total. The van der Waals surface area contributed by atoms with Crippen molar-refractivity contribution in [2.75, 3.05) is 20.2 Å². The molecule has 1 rings (SSSR count). The number of benzene rings is 1. The van der Waals surface area contributed by atoms with Crippen molar-refractivity contribution in [3.63, 3.8) is 0 Å². The van der Waals surface area contributed by atoms with Gasteiger partial charge in [-0.3, -0.25) is 9.59 Å². The van der Waals surface area contributed by atoms with Crippen molar-refractivity contribution in [1.82, 2.24) is 10.2 Å². The lowest BCUT2D eigenvalue weighted by atomic mass is 10.0. The Morgan fingerprint density at radius 2 is 1.96 bits per heavy atom. The van der Waals surface area contributed by atoms with Crippen LogP contribution in [0, 0.1) is 5.92 Å². The predicted molar refractivity (Wildman–Crippen MR) is 94.6 cm³/mol. The van der Waals surface area contributed by atoms with E-state index in [1.165, 1.54) is 0 Å². The molecule has 0 aliphatic heterocycles. The van der Waals surface area contributed by atoms with Crippen LogP contribution in [0.1, 0.15) is 39.3 Å². The van der Waals surface area contributed by atoms with Crippen LogP contribution >= 0.6 is 0 Å². The van der Waals surface area contributed by atoms with Crippen molar-refractivity contribution in [3.8, 4) is 5.75 Å². The van der Waals surface area contributed by atoms with Gasteiger partial charge in [-0.15, -0.1) is 0 Å². The van der Waals surface area contributed by atoms with Crippen molar-refractivity contribution < 1.29 is 14.3 Å². The minimum Gasteiger partial charge on any atom is -0.497 e. The Morgan fingerprint density at radius 1 is 1.29 bits per heavy atom. The van der Waals surface area contributed by atoms with Gasteiger partial charge in [0.05, 0.1) is 25.7 Å². The molecule has 1 aromatic carbocycles. The van der Waals surface area contributed by atoms with Crippen LogP contribution in [0.5, 0.6) is 5.75 Å². The zero-order chi connectivity index (χ0) is 18.3. The van der Waals surface area contributed by atoms with E-state index in [1.807, 2.05) is 52.0 Å². The van der Waals surface area contributed by atoms with E-state index in [0.717, 1.165) is 11.3 Å². The lowest BCUT2D eigenvalue weighted by Gasteiger charge is -2.29. The number of likely N-dealkylation sites (N-methyl/N-ethyl adjacent to an activating group) is 1. The predicted octanol–water partition coefficient (Wildman–Crippen LogP) is 1.70. The number of amides is 2. The van der Waals surface area contributed by atoms with E-state index in [9.17, 15) is 9.59 Å². The number of hydrogen-bond donors (Lipinski definition) is 2. The smallest absolute Gasteiger partial charge is 0.242 e. The fourth-order valence-electron chi connectivity index (χ4n) is 2.43. The normalized spacial score (nSPS) is 13.3. The van der Waals surface area contributed by atoms with Crippen molar-refractivity contribution in [2.24, 2.45) is 11.7 Å². The molecule has 1 aromatic rings. The summed E-state index contributed by atoms with van der Waals surface area (Å²) in [4.78, 5) is 26.1. The highest BCUT2D eigenvalue weighted by Crippen LogP contribution is 2.23. The lowest BCUT2D eigenvalue weighted by Crippen LogP contribution is -2.48. The first-order valence-corrected chi connectivity index (χ1v) is 8.28. The summed E-state index contributed by atoms with van der Waals surface area (Å²) < 4.78 is 5.23. The average molecular weight is 335 g/mol. The fourth-order valence-corrected chi connectivity index (χ4v) is 2.43. The van der Waals surface area contributed by atoms with Crippen molar-refractivity contribution >= 4 is 11.8 Å². The van der Waals surface area contributed by atoms with Gasteiger partial charge in [0.15, 0.2) is 0 Å². The van der Waals surface area contributed by atoms with Crippen LogP contribution in [0.2, 0.25) is 0 Å². The molecule has 0 aliphatic carbocycles. The third-order valence-corrected chi connectivity index (χ3v) is 4.14. The van der Waals surface area contributed by atoms with E-state index >= 15 is 0 Å². The monoisotopic (exact) mass is 335 g/mol. The van der Waals surface area contributed by atoms with Crippen LogP contribution in [0.25, 0.3) is 0 Å². The van der Waals surface area contributed by atoms with E-state index < -0.39 is 6.04 Å². The average Bonchev–Trinajstić information content (AvgIpc) is 2.59. The van der Waals surface area contributed by atoms with Crippen LogP contribution < -0.4 is 15.8 Å². The van der Waals surface area contributed by atoms with Crippen LogP contribution in [0.4, 0.5) is 0 Å². The molecule has 0 spiro atoms. The first-order valence-electron chi connectivity index (χ1n) is 8.28. The van der Waals surface area contributed by atoms with Crippen LogP contribution in [0.3, 0.4) is 0 Å². The second kappa shape index (κ2) is 9.27. The topological polar surface area (TPSA) is 84.7 Å². The summed E-state index contributed by atoms with van der Waals surface area (Å²) in [5.41, 5.74) is 6.77. The van der Waals surface area contributed by atoms with Gasteiger partial charge in [-0.1, -0.05) is 26.0 Å². The molecule has 24 heavy (non-hydrogen) atoms. The summed E-state index contributed by atoms with van der Waals surface area (Å²) in [6.45, 7) is 8.10. The molecule has 0 saturated heterocycles. The third-order valence-electron chi connectivity index (χ3n) is 4.14. The Labute approximate surface area is 144 Å². The molecule has 3 N–H and O–H groups in total. The number of methoxy groups -OCH3 is 1. The Kier molecular flexibility index (Phi) is 7.71. The summed E-state index contributed by atoms with van der Waals surface area (Å²) >= 11 is 0. The minimum absolute atomic E-state index is 0.0260. The van der Waals surface area contributed by atoms with E-state index in [2.05, 4.69) is 5.32 Å². The molecule has 6 heteroatoms. The summed E-state index contributed by atoms with van der Waals surface area (Å²) in [6.07, 6.45) is 0. The Hall–Kier alpha value is -2.08. The Bertz CT molecular complexity index is 560. The van der Waals surface area contributed by atoms with E-state index in [4.69, 9.17) is 10.5 Å². The number of nitrogens with one attached hydrogen (secondary N) is 1. The zero-order valence-electron chi connectivity index (χ0n) is 15.2. The molecule has 1 unspecified atom stereocenters. The molecule has 0 aliphatic rings. The van der Waals surface area contributed by atoms with Gasteiger partial charge in [0, 0.05) is 6.54 Å². The number of carbonyl (C=O) groups is 2. The number of carbonyl (C=O) groups excluding carboxylic acids is 2. The van der Waals surface area contributed by atoms with Gasteiger partial charge in [-0.05, 0) is 37.5 Å². The molecular formula is C18H29N3O3. The van der Waals surface area contributed by atoms with Crippen molar-refractivity contribution in [3.05, 3.63) is 29.8 Å². The molecule has 0 heterocycles. The summed E-state index contributed by atoms with van der Waals surface area (Å²) in [5, 5.41) is 2.63. The third kappa shape index (κ3) is 5.23. The van der Waals surface area contributed by atoms with E-state index in [0.29, 0.717) is 6.54 Å². The van der Waals surface area contributed by atoms with Gasteiger partial charge in [0.2, 0.25) is 11.8 Å². The second-order valence-corrected chi connectivity index (χ2v) is 6.12. The largest absolute Gasteiger partial charge is 0.497 e. The number of ether oxygens (including phenoxy) is 1. The van der Waals surface area contributed by atoms with Crippen molar-refractivity contribution in [1.29, 1.82) is 0 Å². The molecule has 2 amide bonds. The molecule has 0 bridgehead atoms. The van der Waals surface area contributed by atoms with Crippen LogP contribution in [-0.2, 0) is 9.59 Å². The zero-order valence-corrected chi connectivity index (χ0v) is 15.2. The molecule has 0 radical (unpaired) electrons. The molecule has 0 aromatic heterocycles. The molecule has 134 valence electrons. The van der Waals surface area contributed by atoms with Crippen molar-refractivity contribution in [2.45, 2.75) is 39.8 Å². The number of nitrogens with two attached hydrogens (primary N) is 1. The maximum atomic E-state index is 12.5. The van der Waals surface area contributed by atoms with Gasteiger partial charge < -0.3 is 20.7 Å². The van der Waals surface area contributed by atoms with Gasteiger partial charge in [0.1, 0.15) is 5.75 Å². The molecule has 0 fully saturated rings. The summed E-state index contributed by atoms with van der Waals surface area (Å²) in [5.74, 6) is 0.331. The maximum Gasteiger partial charge on any atom is 0.242 e. The standard InChI is InChI=1S/C18H29N3O3/c1-6-21(13(4)14-8-7-9-15(10-14)24-5)16(22)11-20-18(23)17(19)12(2)3/h7-10,12-13,17H,6,11,19H2,1-5H3,(H,20,23)/t13?,17-/m0/s1. The van der Waals surface area contributed by atoms with E-state index in [1.54, 1.807) is 12.0 Å². The highest BCUT2D eigenvalue weighted by atomic mass is 16.5. The van der Waals surface area contributed by atoms with Gasteiger partial charge in [0.25, 0.3) is 0 Å². The molecule has 0 saturated carbocycles. The first kappa shape index (κ1) is 20.0. The summed E-state index contributed by atoms with van der Waals surface area (Å²) in [7, 11) is 1.61. The quantitative estimate of drug-likeness (QED) is 0.757. The van der Waals surface area contributed by atoms with Gasteiger partial charge in [-0.2, -0.15) is 0 Å². The first-order chi connectivity index (χ1) is 11.3. The van der Waals surface area contributed by atoms with E-state index in [-0.39, 0.29) is 30.3 Å². The van der Waals surface area contributed by atoms with Crippen LogP contribution in [-0.4, -0.2) is 43.0 Å². The number of hydrogen-bond acceptors (Lipinski definition) is 4. The molecule has 2 atom stereocenters. The minimum atomic E-state index is -0.608. The molecular weight excluding hydrogens is 306 g/mol. The Balaban J connectivity index is 2.73. The lowest BCUT2D eigenvalue weighted by molar-refractivity contribution is -0.134. The van der Waals surface area contributed by atoms with Crippen LogP contribution in [0.15, 0.2) is 24.3 Å². The van der Waals surface area contributed by atoms with Gasteiger partial charge in [-0.25, -0.2) is 0 Å². The fraction of sp³-hybridized carbons (Fsp3) is 0.556. The summed E-state index contributed by atoms with van der Waals surface area (Å²) in [6, 6.07) is 6.90. The number of rotatable bonds is 8. The van der Waals surface area contributed by atoms with Gasteiger partial charge >= 0.3 is 0 Å². The second-order valence-electron chi connectivity index (χ2n) is 6.12.